The molecule has 1 aliphatic rings. The van der Waals surface area contributed by atoms with E-state index in [4.69, 9.17) is 4.74 Å². The van der Waals surface area contributed by atoms with Gasteiger partial charge in [0.1, 0.15) is 11.8 Å². The zero-order valence-electron chi connectivity index (χ0n) is 12.6. The van der Waals surface area contributed by atoms with Gasteiger partial charge in [-0.15, -0.1) is 0 Å². The summed E-state index contributed by atoms with van der Waals surface area (Å²) in [7, 11) is 0. The van der Waals surface area contributed by atoms with Crippen LogP contribution in [0.2, 0.25) is 0 Å². The van der Waals surface area contributed by atoms with Gasteiger partial charge in [0.05, 0.1) is 6.61 Å². The summed E-state index contributed by atoms with van der Waals surface area (Å²) >= 11 is 0. The lowest BCUT2D eigenvalue weighted by molar-refractivity contribution is -0.142. The molecule has 2 amide bonds. The van der Waals surface area contributed by atoms with Crippen LogP contribution < -0.4 is 10.1 Å². The third kappa shape index (κ3) is 4.21. The Kier molecular flexibility index (Phi) is 5.20. The maximum absolute atomic E-state index is 12.1. The zero-order valence-corrected chi connectivity index (χ0v) is 12.6. The molecule has 0 aliphatic carbocycles. The highest BCUT2D eigenvalue weighted by Gasteiger charge is 2.28. The molecule has 2 rings (SSSR count). The average Bonchev–Trinajstić information content (AvgIpc) is 2.46. The highest BCUT2D eigenvalue weighted by molar-refractivity contribution is 5.88. The van der Waals surface area contributed by atoms with Crippen LogP contribution in [0, 0.1) is 6.92 Å². The molecular formula is C16H22N2O3. The first-order chi connectivity index (χ1) is 10.1. The molecule has 1 heterocycles. The normalized spacial score (nSPS) is 18.3. The summed E-state index contributed by atoms with van der Waals surface area (Å²) in [6.45, 7) is 5.40. The standard InChI is InChI=1S/C16H22N2O3/c1-12-5-3-6-14(11-12)21-10-4-7-15(19)18-9-8-17-16(20)13(18)2/h3,5-6,11,13H,4,7-10H2,1-2H3,(H,17,20). The van der Waals surface area contributed by atoms with Crippen LogP contribution in [0.25, 0.3) is 0 Å². The predicted octanol–water partition coefficient (Wildman–Crippen LogP) is 1.50. The number of ether oxygens (including phenoxy) is 1. The summed E-state index contributed by atoms with van der Waals surface area (Å²) in [5.41, 5.74) is 1.15. The van der Waals surface area contributed by atoms with Gasteiger partial charge in [-0.3, -0.25) is 9.59 Å². The van der Waals surface area contributed by atoms with E-state index in [9.17, 15) is 9.59 Å². The van der Waals surface area contributed by atoms with Gasteiger partial charge in [0.25, 0.3) is 0 Å². The van der Waals surface area contributed by atoms with Crippen molar-refractivity contribution in [3.05, 3.63) is 29.8 Å². The van der Waals surface area contributed by atoms with Gasteiger partial charge in [-0.25, -0.2) is 0 Å². The number of hydrogen-bond acceptors (Lipinski definition) is 3. The fourth-order valence-corrected chi connectivity index (χ4v) is 2.39. The van der Waals surface area contributed by atoms with Gasteiger partial charge in [-0.05, 0) is 38.0 Å². The molecule has 1 aromatic carbocycles. The van der Waals surface area contributed by atoms with E-state index in [1.54, 1.807) is 11.8 Å². The second kappa shape index (κ2) is 7.11. The van der Waals surface area contributed by atoms with Crippen molar-refractivity contribution >= 4 is 11.8 Å². The summed E-state index contributed by atoms with van der Waals surface area (Å²) < 4.78 is 5.62. The van der Waals surface area contributed by atoms with Crippen LogP contribution in [0.4, 0.5) is 0 Å². The lowest BCUT2D eigenvalue weighted by Gasteiger charge is -2.32. The molecule has 0 radical (unpaired) electrons. The molecule has 21 heavy (non-hydrogen) atoms. The van der Waals surface area contributed by atoms with Crippen molar-refractivity contribution in [2.24, 2.45) is 0 Å². The second-order valence-corrected chi connectivity index (χ2v) is 5.32. The van der Waals surface area contributed by atoms with Gasteiger partial charge in [0.15, 0.2) is 0 Å². The van der Waals surface area contributed by atoms with Crippen LogP contribution in [-0.4, -0.2) is 42.5 Å². The van der Waals surface area contributed by atoms with E-state index < -0.39 is 0 Å². The topological polar surface area (TPSA) is 58.6 Å². The first-order valence-corrected chi connectivity index (χ1v) is 7.34. The molecule has 114 valence electrons. The van der Waals surface area contributed by atoms with E-state index in [2.05, 4.69) is 5.32 Å². The Bertz CT molecular complexity index is 516. The smallest absolute Gasteiger partial charge is 0.242 e. The number of hydrogen-bond donors (Lipinski definition) is 1. The minimum atomic E-state index is -0.371. The van der Waals surface area contributed by atoms with Crippen molar-refractivity contribution < 1.29 is 14.3 Å². The molecule has 1 fully saturated rings. The highest BCUT2D eigenvalue weighted by Crippen LogP contribution is 2.13. The summed E-state index contributed by atoms with van der Waals surface area (Å²) in [6, 6.07) is 7.47. The Morgan fingerprint density at radius 2 is 2.29 bits per heavy atom. The van der Waals surface area contributed by atoms with Crippen LogP contribution in [0.15, 0.2) is 24.3 Å². The SMILES string of the molecule is Cc1cccc(OCCCC(=O)N2CCNC(=O)C2C)c1. The number of amides is 2. The van der Waals surface area contributed by atoms with Crippen LogP contribution in [0.1, 0.15) is 25.3 Å². The number of carbonyl (C=O) groups excluding carboxylic acids is 2. The largest absolute Gasteiger partial charge is 0.494 e. The Morgan fingerprint density at radius 1 is 1.48 bits per heavy atom. The van der Waals surface area contributed by atoms with E-state index >= 15 is 0 Å². The number of rotatable bonds is 5. The molecule has 5 nitrogen and oxygen atoms in total. The van der Waals surface area contributed by atoms with Crippen molar-refractivity contribution in [3.63, 3.8) is 0 Å². The van der Waals surface area contributed by atoms with Crippen LogP contribution in [-0.2, 0) is 9.59 Å². The molecule has 0 saturated carbocycles. The van der Waals surface area contributed by atoms with Crippen molar-refractivity contribution in [2.75, 3.05) is 19.7 Å². The van der Waals surface area contributed by atoms with Crippen LogP contribution >= 0.6 is 0 Å². The monoisotopic (exact) mass is 290 g/mol. The third-order valence-corrected chi connectivity index (χ3v) is 3.61. The van der Waals surface area contributed by atoms with Gasteiger partial charge in [-0.2, -0.15) is 0 Å². The molecule has 0 aromatic heterocycles. The fourth-order valence-electron chi connectivity index (χ4n) is 2.39. The van der Waals surface area contributed by atoms with Crippen molar-refractivity contribution in [2.45, 2.75) is 32.7 Å². The van der Waals surface area contributed by atoms with E-state index in [1.165, 1.54) is 0 Å². The summed E-state index contributed by atoms with van der Waals surface area (Å²) in [5, 5.41) is 2.75. The first-order valence-electron chi connectivity index (χ1n) is 7.34. The van der Waals surface area contributed by atoms with Gasteiger partial charge in [0, 0.05) is 19.5 Å². The first kappa shape index (κ1) is 15.4. The number of aryl methyl sites for hydroxylation is 1. The predicted molar refractivity (Wildman–Crippen MR) is 80.1 cm³/mol. The number of nitrogens with zero attached hydrogens (tertiary/aromatic N) is 1. The zero-order chi connectivity index (χ0) is 15.2. The Balaban J connectivity index is 1.73. The van der Waals surface area contributed by atoms with Gasteiger partial charge in [0.2, 0.25) is 11.8 Å². The number of nitrogens with one attached hydrogen (secondary N) is 1. The molecule has 1 atom stereocenters. The van der Waals surface area contributed by atoms with Crippen molar-refractivity contribution in [1.82, 2.24) is 10.2 Å². The molecule has 1 aliphatic heterocycles. The highest BCUT2D eigenvalue weighted by atomic mass is 16.5. The van der Waals surface area contributed by atoms with E-state index in [1.807, 2.05) is 31.2 Å². The molecule has 0 bridgehead atoms. The van der Waals surface area contributed by atoms with E-state index in [0.717, 1.165) is 11.3 Å². The molecule has 0 spiro atoms. The van der Waals surface area contributed by atoms with Crippen LogP contribution in [0.5, 0.6) is 5.75 Å². The minimum absolute atomic E-state index is 0.0187. The average molecular weight is 290 g/mol. The van der Waals surface area contributed by atoms with Gasteiger partial charge in [-0.1, -0.05) is 12.1 Å². The lowest BCUT2D eigenvalue weighted by atomic mass is 10.1. The Labute approximate surface area is 125 Å². The maximum Gasteiger partial charge on any atom is 0.242 e. The summed E-state index contributed by atoms with van der Waals surface area (Å²) in [6.07, 6.45) is 1.06. The number of benzene rings is 1. The van der Waals surface area contributed by atoms with E-state index in [-0.39, 0.29) is 17.9 Å². The molecule has 1 N–H and O–H groups in total. The molecule has 5 heteroatoms. The summed E-state index contributed by atoms with van der Waals surface area (Å²) in [5.74, 6) is 0.768. The van der Waals surface area contributed by atoms with E-state index in [0.29, 0.717) is 32.5 Å². The third-order valence-electron chi connectivity index (χ3n) is 3.61. The maximum atomic E-state index is 12.1. The van der Waals surface area contributed by atoms with Crippen molar-refractivity contribution in [1.29, 1.82) is 0 Å². The van der Waals surface area contributed by atoms with Crippen molar-refractivity contribution in [3.8, 4) is 5.75 Å². The Hall–Kier alpha value is -2.04. The molecule has 1 aromatic rings. The molecular weight excluding hydrogens is 268 g/mol. The van der Waals surface area contributed by atoms with Gasteiger partial charge < -0.3 is 15.0 Å². The molecule has 1 unspecified atom stereocenters. The second-order valence-electron chi connectivity index (χ2n) is 5.32. The fraction of sp³-hybridized carbons (Fsp3) is 0.500. The molecule has 1 saturated heterocycles. The minimum Gasteiger partial charge on any atom is -0.494 e. The quantitative estimate of drug-likeness (QED) is 0.836. The number of piperazine rings is 1. The lowest BCUT2D eigenvalue weighted by Crippen LogP contribution is -2.55. The van der Waals surface area contributed by atoms with Gasteiger partial charge >= 0.3 is 0 Å². The Morgan fingerprint density at radius 3 is 3.05 bits per heavy atom. The summed E-state index contributed by atoms with van der Waals surface area (Å²) in [4.78, 5) is 25.3. The number of carbonyl (C=O) groups is 2. The van der Waals surface area contributed by atoms with Crippen LogP contribution in [0.3, 0.4) is 0 Å².